The minimum atomic E-state index is -0.498. The van der Waals surface area contributed by atoms with Gasteiger partial charge in [0.15, 0.2) is 5.82 Å². The number of anilines is 2. The topological polar surface area (TPSA) is 62.7 Å². The average molecular weight is 358 g/mol. The third kappa shape index (κ3) is 3.27. The van der Waals surface area contributed by atoms with E-state index in [1.54, 1.807) is 18.3 Å². The van der Waals surface area contributed by atoms with E-state index in [1.807, 2.05) is 6.07 Å². The maximum Gasteiger partial charge on any atom is 0.165 e. The molecule has 0 unspecified atom stereocenters. The summed E-state index contributed by atoms with van der Waals surface area (Å²) in [7, 11) is 0. The van der Waals surface area contributed by atoms with Crippen molar-refractivity contribution in [3.8, 4) is 0 Å². The van der Waals surface area contributed by atoms with E-state index in [0.29, 0.717) is 17.3 Å². The standard InChI is InChI=1S/C18H17ClFN5/c19-13-4-1-5-14(17(13)20)25-18-12-7-15(11-3-2-6-21-8-11)22-9-16(12)23-10-24-18/h1,4-5,7,9-11,21H,2-3,6,8H2,(H,23,24,25)/t11-/m0/s1. The lowest BCUT2D eigenvalue weighted by atomic mass is 9.95. The summed E-state index contributed by atoms with van der Waals surface area (Å²) in [6.07, 6.45) is 5.43. The molecule has 0 bridgehead atoms. The quantitative estimate of drug-likeness (QED) is 0.741. The van der Waals surface area contributed by atoms with Gasteiger partial charge in [-0.1, -0.05) is 17.7 Å². The van der Waals surface area contributed by atoms with E-state index in [-0.39, 0.29) is 10.7 Å². The number of hydrogen-bond donors (Lipinski definition) is 2. The van der Waals surface area contributed by atoms with Crippen molar-refractivity contribution in [3.63, 3.8) is 0 Å². The number of aromatic nitrogens is 3. The minimum Gasteiger partial charge on any atom is -0.337 e. The number of piperidine rings is 1. The Morgan fingerprint density at radius 2 is 2.16 bits per heavy atom. The second-order valence-electron chi connectivity index (χ2n) is 6.12. The largest absolute Gasteiger partial charge is 0.337 e. The summed E-state index contributed by atoms with van der Waals surface area (Å²) in [4.78, 5) is 13.1. The van der Waals surface area contributed by atoms with Crippen LogP contribution in [0, 0.1) is 5.82 Å². The van der Waals surface area contributed by atoms with E-state index in [0.717, 1.165) is 37.0 Å². The Labute approximate surface area is 149 Å². The molecule has 0 radical (unpaired) electrons. The fourth-order valence-electron chi connectivity index (χ4n) is 3.13. The van der Waals surface area contributed by atoms with E-state index >= 15 is 0 Å². The molecule has 1 fully saturated rings. The van der Waals surface area contributed by atoms with E-state index < -0.39 is 5.82 Å². The van der Waals surface area contributed by atoms with Crippen molar-refractivity contribution in [2.45, 2.75) is 18.8 Å². The first-order valence-corrected chi connectivity index (χ1v) is 8.62. The molecule has 0 aliphatic carbocycles. The summed E-state index contributed by atoms with van der Waals surface area (Å²) in [5.74, 6) is 0.411. The normalized spacial score (nSPS) is 17.6. The first-order valence-electron chi connectivity index (χ1n) is 8.25. The number of nitrogens with one attached hydrogen (secondary N) is 2. The van der Waals surface area contributed by atoms with Crippen LogP contribution in [0.5, 0.6) is 0 Å². The summed E-state index contributed by atoms with van der Waals surface area (Å²) < 4.78 is 14.2. The van der Waals surface area contributed by atoms with Crippen LogP contribution in [0.1, 0.15) is 24.5 Å². The molecule has 0 saturated carbocycles. The lowest BCUT2D eigenvalue weighted by Gasteiger charge is -2.22. The van der Waals surface area contributed by atoms with Crippen molar-refractivity contribution in [2.75, 3.05) is 18.4 Å². The van der Waals surface area contributed by atoms with Crippen molar-refractivity contribution in [1.29, 1.82) is 0 Å². The molecule has 1 aliphatic rings. The zero-order valence-electron chi connectivity index (χ0n) is 13.5. The van der Waals surface area contributed by atoms with Gasteiger partial charge in [0.05, 0.1) is 22.4 Å². The molecule has 3 aromatic rings. The van der Waals surface area contributed by atoms with Crippen LogP contribution in [0.4, 0.5) is 15.9 Å². The van der Waals surface area contributed by atoms with Crippen molar-refractivity contribution in [3.05, 3.63) is 53.3 Å². The molecule has 128 valence electrons. The second-order valence-corrected chi connectivity index (χ2v) is 6.53. The Bertz CT molecular complexity index is 911. The lowest BCUT2D eigenvalue weighted by molar-refractivity contribution is 0.455. The van der Waals surface area contributed by atoms with Crippen LogP contribution in [0.3, 0.4) is 0 Å². The number of hydrogen-bond acceptors (Lipinski definition) is 5. The van der Waals surface area contributed by atoms with E-state index in [1.165, 1.54) is 12.4 Å². The Morgan fingerprint density at radius 1 is 1.24 bits per heavy atom. The van der Waals surface area contributed by atoms with Gasteiger partial charge >= 0.3 is 0 Å². The van der Waals surface area contributed by atoms with Gasteiger partial charge in [0, 0.05) is 23.5 Å². The van der Waals surface area contributed by atoms with Crippen LogP contribution >= 0.6 is 11.6 Å². The summed E-state index contributed by atoms with van der Waals surface area (Å²) in [5, 5.41) is 7.32. The van der Waals surface area contributed by atoms with E-state index in [9.17, 15) is 4.39 Å². The molecule has 4 rings (SSSR count). The number of rotatable bonds is 3. The molecular formula is C18H17ClFN5. The van der Waals surface area contributed by atoms with Gasteiger partial charge in [-0.05, 0) is 37.6 Å². The fraction of sp³-hybridized carbons (Fsp3) is 0.278. The highest BCUT2D eigenvalue weighted by atomic mass is 35.5. The highest BCUT2D eigenvalue weighted by Crippen LogP contribution is 2.30. The third-order valence-corrected chi connectivity index (χ3v) is 4.75. The first-order chi connectivity index (χ1) is 12.2. The number of pyridine rings is 1. The van der Waals surface area contributed by atoms with Crippen LogP contribution in [-0.2, 0) is 0 Å². The van der Waals surface area contributed by atoms with Gasteiger partial charge in [-0.3, -0.25) is 4.98 Å². The molecule has 1 saturated heterocycles. The monoisotopic (exact) mass is 357 g/mol. The smallest absolute Gasteiger partial charge is 0.165 e. The lowest BCUT2D eigenvalue weighted by Crippen LogP contribution is -2.28. The van der Waals surface area contributed by atoms with Crippen LogP contribution in [0.15, 0.2) is 36.8 Å². The zero-order valence-corrected chi connectivity index (χ0v) is 14.2. The van der Waals surface area contributed by atoms with Gasteiger partial charge in [0.25, 0.3) is 0 Å². The number of nitrogens with zero attached hydrogens (tertiary/aromatic N) is 3. The molecule has 0 spiro atoms. The van der Waals surface area contributed by atoms with Crippen LogP contribution in [-0.4, -0.2) is 28.0 Å². The summed E-state index contributed by atoms with van der Waals surface area (Å²) in [5.41, 5.74) is 2.00. The van der Waals surface area contributed by atoms with Crippen molar-refractivity contribution in [2.24, 2.45) is 0 Å². The highest BCUT2D eigenvalue weighted by molar-refractivity contribution is 6.31. The van der Waals surface area contributed by atoms with Crippen LogP contribution < -0.4 is 10.6 Å². The van der Waals surface area contributed by atoms with Crippen molar-refractivity contribution < 1.29 is 4.39 Å². The van der Waals surface area contributed by atoms with Gasteiger partial charge in [-0.2, -0.15) is 0 Å². The van der Waals surface area contributed by atoms with Crippen molar-refractivity contribution in [1.82, 2.24) is 20.3 Å². The van der Waals surface area contributed by atoms with Gasteiger partial charge < -0.3 is 10.6 Å². The summed E-state index contributed by atoms with van der Waals surface area (Å²) >= 11 is 5.86. The molecule has 1 aliphatic heterocycles. The van der Waals surface area contributed by atoms with Crippen LogP contribution in [0.25, 0.3) is 10.9 Å². The molecule has 5 nitrogen and oxygen atoms in total. The molecule has 1 atom stereocenters. The Hall–Kier alpha value is -2.31. The number of fused-ring (bicyclic) bond motifs is 1. The molecule has 7 heteroatoms. The molecule has 2 aromatic heterocycles. The molecule has 25 heavy (non-hydrogen) atoms. The van der Waals surface area contributed by atoms with Crippen LogP contribution in [0.2, 0.25) is 5.02 Å². The Morgan fingerprint density at radius 3 is 3.00 bits per heavy atom. The maximum atomic E-state index is 14.2. The van der Waals surface area contributed by atoms with E-state index in [4.69, 9.17) is 11.6 Å². The Balaban J connectivity index is 1.74. The Kier molecular flexibility index (Phi) is 4.46. The zero-order chi connectivity index (χ0) is 17.2. The average Bonchev–Trinajstić information content (AvgIpc) is 2.66. The molecule has 0 amide bonds. The minimum absolute atomic E-state index is 0.0685. The molecule has 3 heterocycles. The van der Waals surface area contributed by atoms with Gasteiger partial charge in [0.2, 0.25) is 0 Å². The number of halogens is 2. The maximum absolute atomic E-state index is 14.2. The van der Waals surface area contributed by atoms with Crippen molar-refractivity contribution >= 4 is 34.0 Å². The molecule has 1 aromatic carbocycles. The SMILES string of the molecule is Fc1c(Cl)cccc1Nc1ncnc2cnc([C@H]3CCCNC3)cc12. The molecular weight excluding hydrogens is 341 g/mol. The highest BCUT2D eigenvalue weighted by Gasteiger charge is 2.18. The number of benzene rings is 1. The predicted molar refractivity (Wildman–Crippen MR) is 96.9 cm³/mol. The van der Waals surface area contributed by atoms with E-state index in [2.05, 4.69) is 25.6 Å². The summed E-state index contributed by atoms with van der Waals surface area (Å²) in [6.45, 7) is 1.96. The van der Waals surface area contributed by atoms with Gasteiger partial charge in [-0.25, -0.2) is 14.4 Å². The second kappa shape index (κ2) is 6.90. The van der Waals surface area contributed by atoms with Gasteiger partial charge in [-0.15, -0.1) is 0 Å². The predicted octanol–water partition coefficient (Wildman–Crippen LogP) is 4.03. The first kappa shape index (κ1) is 16.2. The third-order valence-electron chi connectivity index (χ3n) is 4.46. The summed E-state index contributed by atoms with van der Waals surface area (Å²) in [6, 6.07) is 6.83. The fourth-order valence-corrected chi connectivity index (χ4v) is 3.30. The van der Waals surface area contributed by atoms with Gasteiger partial charge in [0.1, 0.15) is 12.1 Å². The molecule has 2 N–H and O–H groups in total.